The Hall–Kier alpha value is -3.86. The van der Waals surface area contributed by atoms with E-state index in [0.29, 0.717) is 0 Å². The van der Waals surface area contributed by atoms with E-state index in [1.54, 1.807) is 6.08 Å². The summed E-state index contributed by atoms with van der Waals surface area (Å²) in [6.07, 6.45) is 1.14. The van der Waals surface area contributed by atoms with Gasteiger partial charge in [-0.2, -0.15) is 0 Å². The van der Waals surface area contributed by atoms with Gasteiger partial charge in [0.25, 0.3) is 0 Å². The summed E-state index contributed by atoms with van der Waals surface area (Å²) in [5.74, 6) is -1.19. The van der Waals surface area contributed by atoms with Crippen molar-refractivity contribution in [2.24, 2.45) is 0 Å². The summed E-state index contributed by atoms with van der Waals surface area (Å²) in [7, 11) is 0. The lowest BCUT2D eigenvalue weighted by Gasteiger charge is -2.17. The predicted octanol–water partition coefficient (Wildman–Crippen LogP) is 4.86. The van der Waals surface area contributed by atoms with E-state index in [2.05, 4.69) is 24.0 Å². The van der Waals surface area contributed by atoms with Crippen LogP contribution in [0.3, 0.4) is 0 Å². The van der Waals surface area contributed by atoms with E-state index in [1.807, 2.05) is 60.7 Å². The number of fused-ring (bicyclic) bond motifs is 3. The van der Waals surface area contributed by atoms with Gasteiger partial charge in [-0.15, -0.1) is 0 Å². The van der Waals surface area contributed by atoms with E-state index in [9.17, 15) is 14.7 Å². The van der Waals surface area contributed by atoms with Crippen molar-refractivity contribution in [1.82, 2.24) is 5.32 Å². The van der Waals surface area contributed by atoms with Gasteiger partial charge in [0.2, 0.25) is 0 Å². The molecule has 31 heavy (non-hydrogen) atoms. The second-order valence-corrected chi connectivity index (χ2v) is 7.51. The van der Waals surface area contributed by atoms with Gasteiger partial charge in [-0.1, -0.05) is 85.5 Å². The smallest absolute Gasteiger partial charge is 0.407 e. The van der Waals surface area contributed by atoms with E-state index < -0.39 is 18.1 Å². The Morgan fingerprint density at radius 2 is 1.55 bits per heavy atom. The van der Waals surface area contributed by atoms with Crippen LogP contribution in [0.25, 0.3) is 17.2 Å². The number of rotatable bonds is 7. The molecule has 5 nitrogen and oxygen atoms in total. The summed E-state index contributed by atoms with van der Waals surface area (Å²) in [5, 5.41) is 12.0. The number of carboxylic acid groups (broad SMARTS) is 1. The van der Waals surface area contributed by atoms with E-state index in [0.717, 1.165) is 33.4 Å². The fourth-order valence-corrected chi connectivity index (χ4v) is 4.01. The van der Waals surface area contributed by atoms with Crippen LogP contribution in [-0.4, -0.2) is 29.8 Å². The van der Waals surface area contributed by atoms with Crippen LogP contribution in [0.2, 0.25) is 0 Å². The van der Waals surface area contributed by atoms with Gasteiger partial charge in [-0.25, -0.2) is 9.59 Å². The topological polar surface area (TPSA) is 75.6 Å². The number of alkyl carbamates (subject to hydrolysis) is 1. The van der Waals surface area contributed by atoms with Crippen molar-refractivity contribution in [2.45, 2.75) is 18.4 Å². The number of hydrogen-bond donors (Lipinski definition) is 2. The Balaban J connectivity index is 1.42. The Morgan fingerprint density at radius 1 is 0.968 bits per heavy atom. The van der Waals surface area contributed by atoms with E-state index in [4.69, 9.17) is 4.74 Å². The molecule has 3 aromatic rings. The molecule has 0 saturated heterocycles. The fourth-order valence-electron chi connectivity index (χ4n) is 4.01. The fraction of sp³-hybridized carbons (Fsp3) is 0.154. The first-order valence-electron chi connectivity index (χ1n) is 10.1. The van der Waals surface area contributed by atoms with Gasteiger partial charge in [0, 0.05) is 12.3 Å². The predicted molar refractivity (Wildman–Crippen MR) is 120 cm³/mol. The highest BCUT2D eigenvalue weighted by Crippen LogP contribution is 2.44. The van der Waals surface area contributed by atoms with Crippen LogP contribution in [0, 0.1) is 0 Å². The molecule has 156 valence electrons. The van der Waals surface area contributed by atoms with Crippen LogP contribution in [0.1, 0.15) is 28.2 Å². The Bertz CT molecular complexity index is 1070. The third kappa shape index (κ3) is 4.36. The van der Waals surface area contributed by atoms with Gasteiger partial charge < -0.3 is 15.2 Å². The largest absolute Gasteiger partial charge is 0.480 e. The molecule has 0 spiro atoms. The third-order valence-electron chi connectivity index (χ3n) is 5.59. The lowest BCUT2D eigenvalue weighted by Crippen LogP contribution is -2.42. The summed E-state index contributed by atoms with van der Waals surface area (Å²) in [6.45, 7) is 3.84. The van der Waals surface area contributed by atoms with Crippen LogP contribution >= 0.6 is 0 Å². The molecule has 0 aliphatic heterocycles. The molecule has 5 heteroatoms. The normalized spacial score (nSPS) is 13.0. The lowest BCUT2D eigenvalue weighted by atomic mass is 9.98. The first-order valence-corrected chi connectivity index (χ1v) is 10.1. The maximum Gasteiger partial charge on any atom is 0.407 e. The standard InChI is InChI=1S/C26H23NO4/c1-2-17-11-13-18(14-12-17)15-24(25(28)29)27-26(30)31-16-23-21-9-5-3-7-19(21)20-8-4-6-10-22(20)23/h2-14,23-24H,1,15-16H2,(H,27,30)(H,28,29)/t24-/m1/s1. The van der Waals surface area contributed by atoms with Crippen molar-refractivity contribution >= 4 is 18.1 Å². The Labute approximate surface area is 181 Å². The van der Waals surface area contributed by atoms with Crippen LogP contribution < -0.4 is 5.32 Å². The SMILES string of the molecule is C=Cc1ccc(C[C@@H](NC(=O)OCC2c3ccccc3-c3ccccc32)C(=O)O)cc1. The van der Waals surface area contributed by atoms with Crippen LogP contribution in [0.5, 0.6) is 0 Å². The van der Waals surface area contributed by atoms with E-state index >= 15 is 0 Å². The molecule has 1 amide bonds. The number of carboxylic acids is 1. The molecular weight excluding hydrogens is 390 g/mol. The number of aliphatic carboxylic acids is 1. The molecule has 0 bridgehead atoms. The highest BCUT2D eigenvalue weighted by atomic mass is 16.5. The minimum absolute atomic E-state index is 0.0760. The molecule has 0 saturated carbocycles. The highest BCUT2D eigenvalue weighted by molar-refractivity contribution is 5.81. The number of carbonyl (C=O) groups excluding carboxylic acids is 1. The first-order chi connectivity index (χ1) is 15.1. The van der Waals surface area contributed by atoms with E-state index in [-0.39, 0.29) is 18.9 Å². The van der Waals surface area contributed by atoms with Crippen molar-refractivity contribution in [1.29, 1.82) is 0 Å². The Morgan fingerprint density at radius 3 is 2.10 bits per heavy atom. The zero-order chi connectivity index (χ0) is 21.8. The quantitative estimate of drug-likeness (QED) is 0.580. The van der Waals surface area contributed by atoms with Crippen molar-refractivity contribution in [3.05, 3.63) is 102 Å². The Kier molecular flexibility index (Phi) is 5.85. The molecule has 0 radical (unpaired) electrons. The molecule has 1 aliphatic rings. The molecule has 1 aliphatic carbocycles. The van der Waals surface area contributed by atoms with Crippen LogP contribution in [-0.2, 0) is 16.0 Å². The van der Waals surface area contributed by atoms with Gasteiger partial charge in [-0.3, -0.25) is 0 Å². The molecule has 0 unspecified atom stereocenters. The molecular formula is C26H23NO4. The van der Waals surface area contributed by atoms with Crippen molar-refractivity contribution in [3.63, 3.8) is 0 Å². The maximum atomic E-state index is 12.4. The maximum absolute atomic E-state index is 12.4. The summed E-state index contributed by atoms with van der Waals surface area (Å²) in [6, 6.07) is 22.4. The molecule has 0 heterocycles. The van der Waals surface area contributed by atoms with Crippen LogP contribution in [0.15, 0.2) is 79.4 Å². The summed E-state index contributed by atoms with van der Waals surface area (Å²) in [4.78, 5) is 24.1. The van der Waals surface area contributed by atoms with Gasteiger partial charge in [0.1, 0.15) is 12.6 Å². The zero-order valence-electron chi connectivity index (χ0n) is 17.0. The summed E-state index contributed by atoms with van der Waals surface area (Å²) in [5.41, 5.74) is 6.23. The second-order valence-electron chi connectivity index (χ2n) is 7.51. The number of benzene rings is 3. The number of amides is 1. The lowest BCUT2D eigenvalue weighted by molar-refractivity contribution is -0.139. The number of carbonyl (C=O) groups is 2. The van der Waals surface area contributed by atoms with Gasteiger partial charge in [-0.05, 0) is 33.4 Å². The number of nitrogens with one attached hydrogen (secondary N) is 1. The monoisotopic (exact) mass is 413 g/mol. The molecule has 0 fully saturated rings. The average Bonchev–Trinajstić information content (AvgIpc) is 3.11. The summed E-state index contributed by atoms with van der Waals surface area (Å²) < 4.78 is 5.47. The second kappa shape index (κ2) is 8.88. The van der Waals surface area contributed by atoms with Crippen molar-refractivity contribution in [2.75, 3.05) is 6.61 Å². The van der Waals surface area contributed by atoms with Gasteiger partial charge in [0.15, 0.2) is 0 Å². The van der Waals surface area contributed by atoms with Crippen LogP contribution in [0.4, 0.5) is 4.79 Å². The van der Waals surface area contributed by atoms with Crippen molar-refractivity contribution in [3.8, 4) is 11.1 Å². The molecule has 0 aromatic heterocycles. The summed E-state index contributed by atoms with van der Waals surface area (Å²) >= 11 is 0. The van der Waals surface area contributed by atoms with E-state index in [1.165, 1.54) is 0 Å². The number of ether oxygens (including phenoxy) is 1. The molecule has 4 rings (SSSR count). The first kappa shape index (κ1) is 20.4. The number of hydrogen-bond acceptors (Lipinski definition) is 3. The average molecular weight is 413 g/mol. The minimum atomic E-state index is -1.11. The molecule has 3 aromatic carbocycles. The minimum Gasteiger partial charge on any atom is -0.480 e. The zero-order valence-corrected chi connectivity index (χ0v) is 17.0. The molecule has 2 N–H and O–H groups in total. The third-order valence-corrected chi connectivity index (χ3v) is 5.59. The highest BCUT2D eigenvalue weighted by Gasteiger charge is 2.29. The molecule has 1 atom stereocenters. The van der Waals surface area contributed by atoms with Gasteiger partial charge in [0.05, 0.1) is 0 Å². The van der Waals surface area contributed by atoms with Crippen molar-refractivity contribution < 1.29 is 19.4 Å². The van der Waals surface area contributed by atoms with Gasteiger partial charge >= 0.3 is 12.1 Å².